The number of carbonyl (C=O) groups excluding carboxylic acids is 2. The molecule has 0 radical (unpaired) electrons. The van der Waals surface area contributed by atoms with Crippen LogP contribution in [-0.2, 0) is 16.1 Å². The molecule has 5 nitrogen and oxygen atoms in total. The van der Waals surface area contributed by atoms with Crippen molar-refractivity contribution in [3.05, 3.63) is 29.8 Å². The summed E-state index contributed by atoms with van der Waals surface area (Å²) in [6, 6.07) is 7.45. The molecule has 2 amide bonds. The number of hydrogen-bond acceptors (Lipinski definition) is 3. The molecule has 0 aliphatic carbocycles. The number of nitrogens with one attached hydrogen (secondary N) is 2. The van der Waals surface area contributed by atoms with E-state index in [1.54, 1.807) is 0 Å². The second kappa shape index (κ2) is 8.32. The van der Waals surface area contributed by atoms with Gasteiger partial charge in [-0.25, -0.2) is 0 Å². The SMILES string of the molecule is CC(C)C(=O)Nc1ccc(CNC(=O)CCCN)cc1. The fourth-order valence-corrected chi connectivity index (χ4v) is 1.54. The van der Waals surface area contributed by atoms with E-state index in [4.69, 9.17) is 5.73 Å². The van der Waals surface area contributed by atoms with Crippen molar-refractivity contribution < 1.29 is 9.59 Å². The van der Waals surface area contributed by atoms with E-state index in [0.717, 1.165) is 11.3 Å². The average molecular weight is 277 g/mol. The molecule has 0 atom stereocenters. The maximum Gasteiger partial charge on any atom is 0.226 e. The Kier molecular flexibility index (Phi) is 6.73. The van der Waals surface area contributed by atoms with E-state index in [-0.39, 0.29) is 17.7 Å². The van der Waals surface area contributed by atoms with Crippen molar-refractivity contribution in [1.82, 2.24) is 5.32 Å². The Bertz CT molecular complexity index is 441. The predicted molar refractivity (Wildman–Crippen MR) is 80.0 cm³/mol. The maximum absolute atomic E-state index is 11.5. The van der Waals surface area contributed by atoms with Gasteiger partial charge in [-0.3, -0.25) is 9.59 Å². The Balaban J connectivity index is 2.42. The van der Waals surface area contributed by atoms with E-state index in [0.29, 0.717) is 25.9 Å². The Morgan fingerprint density at radius 1 is 1.20 bits per heavy atom. The summed E-state index contributed by atoms with van der Waals surface area (Å²) in [4.78, 5) is 23.0. The zero-order valence-corrected chi connectivity index (χ0v) is 12.1. The molecule has 0 aliphatic rings. The van der Waals surface area contributed by atoms with E-state index >= 15 is 0 Å². The first-order chi connectivity index (χ1) is 9.52. The minimum absolute atomic E-state index is 0.00663. The normalized spacial score (nSPS) is 10.4. The Morgan fingerprint density at radius 3 is 2.40 bits per heavy atom. The highest BCUT2D eigenvalue weighted by molar-refractivity contribution is 5.92. The van der Waals surface area contributed by atoms with E-state index in [2.05, 4.69) is 10.6 Å². The highest BCUT2D eigenvalue weighted by atomic mass is 16.2. The zero-order chi connectivity index (χ0) is 15.0. The molecule has 0 spiro atoms. The van der Waals surface area contributed by atoms with Crippen molar-refractivity contribution in [2.24, 2.45) is 11.7 Å². The number of benzene rings is 1. The zero-order valence-electron chi connectivity index (χ0n) is 12.1. The Morgan fingerprint density at radius 2 is 1.85 bits per heavy atom. The summed E-state index contributed by atoms with van der Waals surface area (Å²) < 4.78 is 0. The predicted octanol–water partition coefficient (Wildman–Crippen LogP) is 1.64. The summed E-state index contributed by atoms with van der Waals surface area (Å²) in [7, 11) is 0. The smallest absolute Gasteiger partial charge is 0.226 e. The molecule has 1 aromatic rings. The molecule has 0 saturated carbocycles. The van der Waals surface area contributed by atoms with E-state index in [1.807, 2.05) is 38.1 Å². The largest absolute Gasteiger partial charge is 0.352 e. The van der Waals surface area contributed by atoms with Crippen LogP contribution in [0.3, 0.4) is 0 Å². The number of rotatable bonds is 7. The third kappa shape index (κ3) is 5.84. The van der Waals surface area contributed by atoms with Gasteiger partial charge in [0.15, 0.2) is 0 Å². The number of anilines is 1. The molecule has 0 bridgehead atoms. The topological polar surface area (TPSA) is 84.2 Å². The van der Waals surface area contributed by atoms with E-state index in [9.17, 15) is 9.59 Å². The molecule has 20 heavy (non-hydrogen) atoms. The third-order valence-corrected chi connectivity index (χ3v) is 2.84. The lowest BCUT2D eigenvalue weighted by Gasteiger charge is -2.09. The van der Waals surface area contributed by atoms with Crippen LogP contribution in [0.1, 0.15) is 32.3 Å². The van der Waals surface area contributed by atoms with Gasteiger partial charge in [0.05, 0.1) is 0 Å². The van der Waals surface area contributed by atoms with Crippen molar-refractivity contribution in [1.29, 1.82) is 0 Å². The number of amides is 2. The number of nitrogens with two attached hydrogens (primary N) is 1. The fraction of sp³-hybridized carbons (Fsp3) is 0.467. The summed E-state index contributed by atoms with van der Waals surface area (Å²) in [5.41, 5.74) is 7.11. The van der Waals surface area contributed by atoms with Gasteiger partial charge in [-0.1, -0.05) is 26.0 Å². The van der Waals surface area contributed by atoms with Crippen molar-refractivity contribution in [2.75, 3.05) is 11.9 Å². The molecule has 0 aromatic heterocycles. The van der Waals surface area contributed by atoms with Crippen LogP contribution in [0.25, 0.3) is 0 Å². The van der Waals surface area contributed by atoms with Crippen LogP contribution >= 0.6 is 0 Å². The van der Waals surface area contributed by atoms with Crippen LogP contribution in [-0.4, -0.2) is 18.4 Å². The summed E-state index contributed by atoms with van der Waals surface area (Å²) in [6.45, 7) is 4.71. The van der Waals surface area contributed by atoms with Gasteiger partial charge in [0.25, 0.3) is 0 Å². The lowest BCUT2D eigenvalue weighted by Crippen LogP contribution is -2.23. The van der Waals surface area contributed by atoms with E-state index < -0.39 is 0 Å². The number of hydrogen-bond donors (Lipinski definition) is 3. The van der Waals surface area contributed by atoms with Gasteiger partial charge >= 0.3 is 0 Å². The first kappa shape index (κ1) is 16.2. The molecule has 110 valence electrons. The average Bonchev–Trinajstić information content (AvgIpc) is 2.44. The van der Waals surface area contributed by atoms with Crippen LogP contribution in [0.5, 0.6) is 0 Å². The first-order valence-corrected chi connectivity index (χ1v) is 6.89. The van der Waals surface area contributed by atoms with Gasteiger partial charge in [-0.05, 0) is 30.7 Å². The highest BCUT2D eigenvalue weighted by Crippen LogP contribution is 2.11. The summed E-state index contributed by atoms with van der Waals surface area (Å²) in [6.07, 6.45) is 1.16. The van der Waals surface area contributed by atoms with Gasteiger partial charge < -0.3 is 16.4 Å². The van der Waals surface area contributed by atoms with Gasteiger partial charge in [-0.2, -0.15) is 0 Å². The van der Waals surface area contributed by atoms with Crippen LogP contribution < -0.4 is 16.4 Å². The highest BCUT2D eigenvalue weighted by Gasteiger charge is 2.06. The number of carbonyl (C=O) groups is 2. The molecule has 1 aromatic carbocycles. The standard InChI is InChI=1S/C15H23N3O2/c1-11(2)15(20)18-13-7-5-12(6-8-13)10-17-14(19)4-3-9-16/h5-8,11H,3-4,9-10,16H2,1-2H3,(H,17,19)(H,18,20). The molecule has 0 fully saturated rings. The Labute approximate surface area is 119 Å². The first-order valence-electron chi connectivity index (χ1n) is 6.89. The van der Waals surface area contributed by atoms with Crippen LogP contribution in [0.4, 0.5) is 5.69 Å². The monoisotopic (exact) mass is 277 g/mol. The molecule has 1 rings (SSSR count). The van der Waals surface area contributed by atoms with Crippen molar-refractivity contribution in [3.63, 3.8) is 0 Å². The van der Waals surface area contributed by atoms with Gasteiger partial charge in [0, 0.05) is 24.6 Å². The summed E-state index contributed by atoms with van der Waals surface area (Å²) in [5.74, 6) is -0.0445. The molecule has 0 unspecified atom stereocenters. The summed E-state index contributed by atoms with van der Waals surface area (Å²) in [5, 5.41) is 5.65. The quantitative estimate of drug-likeness (QED) is 0.708. The van der Waals surface area contributed by atoms with Gasteiger partial charge in [0.2, 0.25) is 11.8 Å². The molecule has 4 N–H and O–H groups in total. The molecule has 5 heteroatoms. The summed E-state index contributed by atoms with van der Waals surface area (Å²) >= 11 is 0. The molecular formula is C15H23N3O2. The second-order valence-corrected chi connectivity index (χ2v) is 5.01. The fourth-order valence-electron chi connectivity index (χ4n) is 1.54. The molecule has 0 saturated heterocycles. The van der Waals surface area contributed by atoms with Crippen LogP contribution in [0, 0.1) is 5.92 Å². The van der Waals surface area contributed by atoms with Gasteiger partial charge in [-0.15, -0.1) is 0 Å². The third-order valence-electron chi connectivity index (χ3n) is 2.84. The maximum atomic E-state index is 11.5. The second-order valence-electron chi connectivity index (χ2n) is 5.01. The molecular weight excluding hydrogens is 254 g/mol. The lowest BCUT2D eigenvalue weighted by atomic mass is 10.1. The minimum Gasteiger partial charge on any atom is -0.352 e. The van der Waals surface area contributed by atoms with Crippen molar-refractivity contribution >= 4 is 17.5 Å². The minimum atomic E-state index is -0.0449. The molecule has 0 aliphatic heterocycles. The lowest BCUT2D eigenvalue weighted by molar-refractivity contribution is -0.121. The van der Waals surface area contributed by atoms with Crippen LogP contribution in [0.2, 0.25) is 0 Å². The molecule has 0 heterocycles. The van der Waals surface area contributed by atoms with Crippen molar-refractivity contribution in [2.45, 2.75) is 33.2 Å². The Hall–Kier alpha value is -1.88. The van der Waals surface area contributed by atoms with Gasteiger partial charge in [0.1, 0.15) is 0 Å². The van der Waals surface area contributed by atoms with E-state index in [1.165, 1.54) is 0 Å². The van der Waals surface area contributed by atoms with Crippen molar-refractivity contribution in [3.8, 4) is 0 Å². The van der Waals surface area contributed by atoms with Crippen LogP contribution in [0.15, 0.2) is 24.3 Å².